The number of aryl methyl sites for hydroxylation is 2. The fourth-order valence-electron chi connectivity index (χ4n) is 2.41. The van der Waals surface area contributed by atoms with E-state index >= 15 is 0 Å². The molecule has 0 aromatic heterocycles. The van der Waals surface area contributed by atoms with Gasteiger partial charge in [0.1, 0.15) is 0 Å². The molecule has 0 radical (unpaired) electrons. The number of rotatable bonds is 3. The second-order valence-corrected chi connectivity index (χ2v) is 4.42. The normalized spacial score (nSPS) is 14.4. The van der Waals surface area contributed by atoms with Gasteiger partial charge in [-0.25, -0.2) is 0 Å². The maximum Gasteiger partial charge on any atom is 0.231 e. The second kappa shape index (κ2) is 4.26. The second-order valence-electron chi connectivity index (χ2n) is 4.42. The predicted molar refractivity (Wildman–Crippen MR) is 65.9 cm³/mol. The van der Waals surface area contributed by atoms with Crippen molar-refractivity contribution in [3.63, 3.8) is 0 Å². The van der Waals surface area contributed by atoms with E-state index in [0.29, 0.717) is 6.42 Å². The molecule has 0 spiro atoms. The number of carbonyl (C=O) groups excluding carboxylic acids is 1. The van der Waals surface area contributed by atoms with E-state index in [2.05, 4.69) is 31.3 Å². The van der Waals surface area contributed by atoms with Crippen molar-refractivity contribution in [2.75, 3.05) is 25.0 Å². The molecule has 2 rings (SSSR count). The summed E-state index contributed by atoms with van der Waals surface area (Å²) in [5, 5.41) is 3.08. The fourth-order valence-corrected chi connectivity index (χ4v) is 2.41. The summed E-state index contributed by atoms with van der Waals surface area (Å²) in [4.78, 5) is 13.8. The largest absolute Gasteiger partial charge is 0.318 e. The molecule has 0 saturated carbocycles. The topological polar surface area (TPSA) is 32.3 Å². The zero-order valence-corrected chi connectivity index (χ0v) is 10.1. The molecule has 86 valence electrons. The molecule has 1 aliphatic rings. The Labute approximate surface area is 96.5 Å². The van der Waals surface area contributed by atoms with Crippen LogP contribution >= 0.6 is 0 Å². The molecule has 3 heteroatoms. The van der Waals surface area contributed by atoms with Crippen molar-refractivity contribution in [1.82, 2.24) is 5.32 Å². The van der Waals surface area contributed by atoms with E-state index in [1.165, 1.54) is 16.7 Å². The average molecular weight is 218 g/mol. The van der Waals surface area contributed by atoms with Gasteiger partial charge < -0.3 is 10.2 Å². The summed E-state index contributed by atoms with van der Waals surface area (Å²) in [6.07, 6.45) is 0.557. The molecule has 1 N–H and O–H groups in total. The summed E-state index contributed by atoms with van der Waals surface area (Å²) in [5.41, 5.74) is 4.75. The third kappa shape index (κ3) is 1.83. The monoisotopic (exact) mass is 218 g/mol. The predicted octanol–water partition coefficient (Wildman–Crippen LogP) is 1.41. The molecule has 1 heterocycles. The molecule has 1 aromatic rings. The average Bonchev–Trinajstić information content (AvgIpc) is 2.51. The van der Waals surface area contributed by atoms with E-state index in [0.717, 1.165) is 18.8 Å². The molecule has 0 aliphatic carbocycles. The van der Waals surface area contributed by atoms with Crippen LogP contribution < -0.4 is 10.2 Å². The van der Waals surface area contributed by atoms with Gasteiger partial charge in [-0.15, -0.1) is 0 Å². The standard InChI is InChI=1S/C13H18N2O/c1-9-6-10(2)13-11(7-9)8-12(16)15(13)5-4-14-3/h6-7,14H,4-5,8H2,1-3H3. The minimum Gasteiger partial charge on any atom is -0.318 e. The SMILES string of the molecule is CNCCN1C(=O)Cc2cc(C)cc(C)c21. The van der Waals surface area contributed by atoms with Gasteiger partial charge in [-0.1, -0.05) is 17.7 Å². The van der Waals surface area contributed by atoms with Gasteiger partial charge >= 0.3 is 0 Å². The van der Waals surface area contributed by atoms with Crippen LogP contribution in [-0.4, -0.2) is 26.0 Å². The minimum absolute atomic E-state index is 0.221. The number of likely N-dealkylation sites (N-methyl/N-ethyl adjacent to an activating group) is 1. The van der Waals surface area contributed by atoms with Crippen molar-refractivity contribution in [2.45, 2.75) is 20.3 Å². The van der Waals surface area contributed by atoms with Crippen molar-refractivity contribution in [1.29, 1.82) is 0 Å². The van der Waals surface area contributed by atoms with Crippen LogP contribution in [0.2, 0.25) is 0 Å². The molecular weight excluding hydrogens is 200 g/mol. The molecule has 3 nitrogen and oxygen atoms in total. The number of nitrogens with one attached hydrogen (secondary N) is 1. The Morgan fingerprint density at radius 1 is 1.38 bits per heavy atom. The van der Waals surface area contributed by atoms with Gasteiger partial charge in [0.2, 0.25) is 5.91 Å². The molecule has 0 unspecified atom stereocenters. The lowest BCUT2D eigenvalue weighted by Crippen LogP contribution is -2.33. The van der Waals surface area contributed by atoms with Crippen LogP contribution in [0.25, 0.3) is 0 Å². The summed E-state index contributed by atoms with van der Waals surface area (Å²) in [6, 6.07) is 4.27. The molecule has 0 atom stereocenters. The Bertz CT molecular complexity index is 426. The highest BCUT2D eigenvalue weighted by Crippen LogP contribution is 2.32. The first kappa shape index (κ1) is 11.1. The number of anilines is 1. The van der Waals surface area contributed by atoms with Crippen molar-refractivity contribution in [3.05, 3.63) is 28.8 Å². The zero-order valence-electron chi connectivity index (χ0n) is 10.1. The van der Waals surface area contributed by atoms with E-state index in [9.17, 15) is 4.79 Å². The van der Waals surface area contributed by atoms with Gasteiger partial charge in [-0.05, 0) is 32.0 Å². The highest BCUT2D eigenvalue weighted by molar-refractivity contribution is 6.02. The van der Waals surface area contributed by atoms with E-state index in [1.54, 1.807) is 0 Å². The first-order chi connectivity index (χ1) is 7.63. The van der Waals surface area contributed by atoms with Gasteiger partial charge in [0.15, 0.2) is 0 Å². The molecule has 1 aromatic carbocycles. The lowest BCUT2D eigenvalue weighted by atomic mass is 10.0. The fraction of sp³-hybridized carbons (Fsp3) is 0.462. The van der Waals surface area contributed by atoms with Gasteiger partial charge in [0.05, 0.1) is 12.1 Å². The first-order valence-electron chi connectivity index (χ1n) is 5.68. The number of amides is 1. The number of carbonyl (C=O) groups is 1. The number of hydrogen-bond acceptors (Lipinski definition) is 2. The minimum atomic E-state index is 0.221. The molecule has 1 amide bonds. The molecular formula is C13H18N2O. The van der Waals surface area contributed by atoms with Crippen LogP contribution in [0.1, 0.15) is 16.7 Å². The lowest BCUT2D eigenvalue weighted by molar-refractivity contribution is -0.117. The highest BCUT2D eigenvalue weighted by atomic mass is 16.2. The molecule has 1 aliphatic heterocycles. The van der Waals surface area contributed by atoms with E-state index in [4.69, 9.17) is 0 Å². The maximum absolute atomic E-state index is 11.9. The summed E-state index contributed by atoms with van der Waals surface area (Å²) in [6.45, 7) is 5.75. The number of benzene rings is 1. The van der Waals surface area contributed by atoms with E-state index in [1.807, 2.05) is 11.9 Å². The van der Waals surface area contributed by atoms with Gasteiger partial charge in [0, 0.05) is 13.1 Å². The first-order valence-corrected chi connectivity index (χ1v) is 5.68. The van der Waals surface area contributed by atoms with Crippen LogP contribution in [0, 0.1) is 13.8 Å². The van der Waals surface area contributed by atoms with Crippen molar-refractivity contribution >= 4 is 11.6 Å². The Balaban J connectivity index is 2.36. The number of hydrogen-bond donors (Lipinski definition) is 1. The Morgan fingerprint density at radius 3 is 2.81 bits per heavy atom. The quantitative estimate of drug-likeness (QED) is 0.832. The zero-order chi connectivity index (χ0) is 11.7. The smallest absolute Gasteiger partial charge is 0.231 e. The molecule has 0 saturated heterocycles. The van der Waals surface area contributed by atoms with Crippen molar-refractivity contribution in [3.8, 4) is 0 Å². The molecule has 0 fully saturated rings. The lowest BCUT2D eigenvalue weighted by Gasteiger charge is -2.19. The third-order valence-electron chi connectivity index (χ3n) is 3.02. The summed E-state index contributed by atoms with van der Waals surface area (Å²) in [5.74, 6) is 0.221. The van der Waals surface area contributed by atoms with Gasteiger partial charge in [-0.2, -0.15) is 0 Å². The number of fused-ring (bicyclic) bond motifs is 1. The van der Waals surface area contributed by atoms with E-state index < -0.39 is 0 Å². The molecule has 0 bridgehead atoms. The van der Waals surface area contributed by atoms with Crippen LogP contribution in [0.15, 0.2) is 12.1 Å². The Morgan fingerprint density at radius 2 is 2.12 bits per heavy atom. The van der Waals surface area contributed by atoms with Crippen molar-refractivity contribution in [2.24, 2.45) is 0 Å². The molecule has 16 heavy (non-hydrogen) atoms. The maximum atomic E-state index is 11.9. The summed E-state index contributed by atoms with van der Waals surface area (Å²) < 4.78 is 0. The third-order valence-corrected chi connectivity index (χ3v) is 3.02. The highest BCUT2D eigenvalue weighted by Gasteiger charge is 2.28. The summed E-state index contributed by atoms with van der Waals surface area (Å²) >= 11 is 0. The van der Waals surface area contributed by atoms with Crippen LogP contribution in [-0.2, 0) is 11.2 Å². The van der Waals surface area contributed by atoms with E-state index in [-0.39, 0.29) is 5.91 Å². The summed E-state index contributed by atoms with van der Waals surface area (Å²) in [7, 11) is 1.91. The van der Waals surface area contributed by atoms with Gasteiger partial charge in [-0.3, -0.25) is 4.79 Å². The van der Waals surface area contributed by atoms with Crippen molar-refractivity contribution < 1.29 is 4.79 Å². The van der Waals surface area contributed by atoms with Gasteiger partial charge in [0.25, 0.3) is 0 Å². The Kier molecular flexibility index (Phi) is 2.97. The van der Waals surface area contributed by atoms with Crippen LogP contribution in [0.3, 0.4) is 0 Å². The number of nitrogens with zero attached hydrogens (tertiary/aromatic N) is 1. The Hall–Kier alpha value is -1.35. The van der Waals surface area contributed by atoms with Crippen LogP contribution in [0.5, 0.6) is 0 Å². The van der Waals surface area contributed by atoms with Crippen LogP contribution in [0.4, 0.5) is 5.69 Å².